The van der Waals surface area contributed by atoms with Crippen molar-refractivity contribution in [2.75, 3.05) is 38.8 Å². The number of carbonyl (C=O) groups is 2. The Labute approximate surface area is 133 Å². The molecule has 0 aliphatic heterocycles. The van der Waals surface area contributed by atoms with Gasteiger partial charge in [-0.05, 0) is 12.1 Å². The van der Waals surface area contributed by atoms with E-state index in [0.29, 0.717) is 5.69 Å². The zero-order valence-corrected chi connectivity index (χ0v) is 12.7. The highest BCUT2D eigenvalue weighted by Crippen LogP contribution is 2.14. The molecule has 1 aromatic rings. The number of anilines is 1. The van der Waals surface area contributed by atoms with Gasteiger partial charge in [-0.2, -0.15) is 0 Å². The highest BCUT2D eigenvalue weighted by Gasteiger charge is 2.13. The zero-order valence-electron chi connectivity index (χ0n) is 12.7. The van der Waals surface area contributed by atoms with Crippen molar-refractivity contribution in [3.63, 3.8) is 0 Å². The molecule has 0 aromatic heterocycles. The molecule has 0 aliphatic carbocycles. The normalized spacial score (nSPS) is 11.4. The average Bonchev–Trinajstić information content (AvgIpc) is 2.58. The maximum atomic E-state index is 12.1. The summed E-state index contributed by atoms with van der Waals surface area (Å²) in [6.07, 6.45) is -1.75. The second-order valence-corrected chi connectivity index (χ2v) is 4.47. The van der Waals surface area contributed by atoms with Gasteiger partial charge >= 0.3 is 6.09 Å². The number of benzene rings is 1. The minimum absolute atomic E-state index is 0.0649. The minimum atomic E-state index is -0.944. The molecule has 0 saturated carbocycles. The Morgan fingerprint density at radius 1 is 1.22 bits per heavy atom. The van der Waals surface area contributed by atoms with E-state index in [1.165, 1.54) is 7.11 Å². The van der Waals surface area contributed by atoms with Crippen molar-refractivity contribution < 1.29 is 29.3 Å². The van der Waals surface area contributed by atoms with E-state index in [1.54, 1.807) is 24.3 Å². The van der Waals surface area contributed by atoms with Crippen LogP contribution >= 0.6 is 0 Å². The molecule has 23 heavy (non-hydrogen) atoms. The first-order chi connectivity index (χ1) is 11.1. The largest absolute Gasteiger partial charge is 0.446 e. The summed E-state index contributed by atoms with van der Waals surface area (Å²) in [5.74, 6) is -0.560. The molecule has 0 heterocycles. The van der Waals surface area contributed by atoms with Crippen LogP contribution in [0.25, 0.3) is 0 Å². The molecular formula is C14H21N3O6. The van der Waals surface area contributed by atoms with Gasteiger partial charge in [-0.3, -0.25) is 10.2 Å². The summed E-state index contributed by atoms with van der Waals surface area (Å²) < 4.78 is 9.45. The monoisotopic (exact) mass is 327 g/mol. The Bertz CT molecular complexity index is 511. The fourth-order valence-corrected chi connectivity index (χ4v) is 1.56. The number of carbonyl (C=O) groups excluding carboxylic acids is 2. The molecule has 128 valence electrons. The third-order valence-electron chi connectivity index (χ3n) is 2.71. The minimum Gasteiger partial charge on any atom is -0.446 e. The first kappa shape index (κ1) is 18.7. The van der Waals surface area contributed by atoms with Gasteiger partial charge < -0.3 is 25.0 Å². The second-order valence-electron chi connectivity index (χ2n) is 4.47. The van der Waals surface area contributed by atoms with Gasteiger partial charge in [0.2, 0.25) is 0 Å². The lowest BCUT2D eigenvalue weighted by molar-refractivity contribution is 0.0849. The van der Waals surface area contributed by atoms with Crippen LogP contribution in [0, 0.1) is 0 Å². The van der Waals surface area contributed by atoms with Crippen LogP contribution in [0.4, 0.5) is 10.5 Å². The molecule has 0 fully saturated rings. The lowest BCUT2D eigenvalue weighted by Gasteiger charge is -2.14. The molecule has 1 rings (SSSR count). The van der Waals surface area contributed by atoms with Crippen molar-refractivity contribution >= 4 is 17.7 Å². The molecular weight excluding hydrogens is 306 g/mol. The number of aliphatic hydroxyl groups is 2. The SMILES string of the molecule is COCCOC(=O)NNC(=O)c1ccccc1NCC(O)CO. The van der Waals surface area contributed by atoms with Gasteiger partial charge in [0, 0.05) is 19.3 Å². The van der Waals surface area contributed by atoms with Crippen LogP contribution < -0.4 is 16.2 Å². The summed E-state index contributed by atoms with van der Waals surface area (Å²) in [5.41, 5.74) is 5.03. The topological polar surface area (TPSA) is 129 Å². The summed E-state index contributed by atoms with van der Waals surface area (Å²) >= 11 is 0. The van der Waals surface area contributed by atoms with Crippen molar-refractivity contribution in [2.24, 2.45) is 0 Å². The predicted molar refractivity (Wildman–Crippen MR) is 81.9 cm³/mol. The summed E-state index contributed by atoms with van der Waals surface area (Å²) in [5, 5.41) is 21.0. The molecule has 1 aromatic carbocycles. The third kappa shape index (κ3) is 6.96. The van der Waals surface area contributed by atoms with Crippen LogP contribution in [-0.4, -0.2) is 61.8 Å². The summed E-state index contributed by atoms with van der Waals surface area (Å²) in [6, 6.07) is 6.53. The number of hydrogen-bond donors (Lipinski definition) is 5. The van der Waals surface area contributed by atoms with E-state index < -0.39 is 24.7 Å². The number of para-hydroxylation sites is 1. The van der Waals surface area contributed by atoms with Crippen LogP contribution in [0.15, 0.2) is 24.3 Å². The average molecular weight is 327 g/mol. The number of methoxy groups -OCH3 is 1. The molecule has 0 spiro atoms. The van der Waals surface area contributed by atoms with E-state index >= 15 is 0 Å². The standard InChI is InChI=1S/C14H21N3O6/c1-22-6-7-23-14(21)17-16-13(20)11-4-2-3-5-12(11)15-8-10(19)9-18/h2-5,10,15,18-19H,6-9H2,1H3,(H,16,20)(H,17,21). The Hall–Kier alpha value is -2.36. The highest BCUT2D eigenvalue weighted by molar-refractivity contribution is 6.00. The van der Waals surface area contributed by atoms with E-state index in [9.17, 15) is 14.7 Å². The summed E-state index contributed by atoms with van der Waals surface area (Å²) in [4.78, 5) is 23.4. The molecule has 0 aliphatic rings. The molecule has 1 atom stereocenters. The smallest absolute Gasteiger partial charge is 0.426 e. The fourth-order valence-electron chi connectivity index (χ4n) is 1.56. The van der Waals surface area contributed by atoms with Crippen LogP contribution in [0.3, 0.4) is 0 Å². The van der Waals surface area contributed by atoms with Crippen molar-refractivity contribution in [3.8, 4) is 0 Å². The van der Waals surface area contributed by atoms with Crippen molar-refractivity contribution in [2.45, 2.75) is 6.10 Å². The maximum absolute atomic E-state index is 12.1. The van der Waals surface area contributed by atoms with Gasteiger partial charge in [0.25, 0.3) is 5.91 Å². The third-order valence-corrected chi connectivity index (χ3v) is 2.71. The lowest BCUT2D eigenvalue weighted by atomic mass is 10.1. The van der Waals surface area contributed by atoms with E-state index in [2.05, 4.69) is 16.2 Å². The number of ether oxygens (including phenoxy) is 2. The molecule has 1 unspecified atom stereocenters. The Morgan fingerprint density at radius 2 is 1.96 bits per heavy atom. The Kier molecular flexibility index (Phi) is 8.43. The Morgan fingerprint density at radius 3 is 2.65 bits per heavy atom. The van der Waals surface area contributed by atoms with Crippen LogP contribution in [0.1, 0.15) is 10.4 Å². The predicted octanol–water partition coefficient (Wildman–Crippen LogP) is -0.531. The first-order valence-electron chi connectivity index (χ1n) is 6.92. The van der Waals surface area contributed by atoms with Crippen molar-refractivity contribution in [3.05, 3.63) is 29.8 Å². The molecule has 9 nitrogen and oxygen atoms in total. The lowest BCUT2D eigenvalue weighted by Crippen LogP contribution is -2.42. The Balaban J connectivity index is 2.53. The number of hydrazine groups is 1. The summed E-state index contributed by atoms with van der Waals surface area (Å²) in [7, 11) is 1.47. The van der Waals surface area contributed by atoms with E-state index in [0.717, 1.165) is 0 Å². The van der Waals surface area contributed by atoms with Crippen LogP contribution in [0.2, 0.25) is 0 Å². The van der Waals surface area contributed by atoms with E-state index in [1.807, 2.05) is 0 Å². The molecule has 0 bridgehead atoms. The molecule has 9 heteroatoms. The van der Waals surface area contributed by atoms with Gasteiger partial charge in [0.15, 0.2) is 0 Å². The van der Waals surface area contributed by atoms with E-state index in [4.69, 9.17) is 14.6 Å². The number of aliphatic hydroxyl groups excluding tert-OH is 2. The number of hydrogen-bond acceptors (Lipinski definition) is 7. The zero-order chi connectivity index (χ0) is 17.1. The van der Waals surface area contributed by atoms with Gasteiger partial charge in [-0.25, -0.2) is 10.2 Å². The quantitative estimate of drug-likeness (QED) is 0.320. The molecule has 0 saturated heterocycles. The fraction of sp³-hybridized carbons (Fsp3) is 0.429. The second kappa shape index (κ2) is 10.4. The van der Waals surface area contributed by atoms with Gasteiger partial charge in [0.05, 0.1) is 24.9 Å². The van der Waals surface area contributed by atoms with Crippen LogP contribution in [0.5, 0.6) is 0 Å². The number of amides is 2. The first-order valence-corrected chi connectivity index (χ1v) is 6.92. The van der Waals surface area contributed by atoms with Crippen molar-refractivity contribution in [1.82, 2.24) is 10.9 Å². The number of nitrogens with one attached hydrogen (secondary N) is 3. The molecule has 5 N–H and O–H groups in total. The van der Waals surface area contributed by atoms with E-state index in [-0.39, 0.29) is 25.3 Å². The summed E-state index contributed by atoms with van der Waals surface area (Å²) in [6.45, 7) is 0.000211. The highest BCUT2D eigenvalue weighted by atomic mass is 16.6. The van der Waals surface area contributed by atoms with Gasteiger partial charge in [0.1, 0.15) is 6.61 Å². The maximum Gasteiger partial charge on any atom is 0.426 e. The van der Waals surface area contributed by atoms with Crippen LogP contribution in [-0.2, 0) is 9.47 Å². The molecule has 2 amide bonds. The number of rotatable bonds is 8. The molecule has 0 radical (unpaired) electrons. The van der Waals surface area contributed by atoms with Crippen molar-refractivity contribution in [1.29, 1.82) is 0 Å². The van der Waals surface area contributed by atoms with Gasteiger partial charge in [-0.15, -0.1) is 0 Å². The van der Waals surface area contributed by atoms with Gasteiger partial charge in [-0.1, -0.05) is 12.1 Å².